The summed E-state index contributed by atoms with van der Waals surface area (Å²) in [6.45, 7) is 2.01. The van der Waals surface area contributed by atoms with Crippen molar-refractivity contribution in [2.24, 2.45) is 0 Å². The Hall–Kier alpha value is -4.37. The molecule has 1 aliphatic heterocycles. The molecule has 2 N–H and O–H groups in total. The van der Waals surface area contributed by atoms with Gasteiger partial charge in [0.25, 0.3) is 5.56 Å². The standard InChI is InChI=1S/C28H24N6O2S/c1-18-6-5-9-22(14-18)34-26-24(16-29-34)27(36)33-23(17-37-28(33)32-26)15-25(35)31-21-12-10-20(11-13-21)30-19-7-3-2-4-8-19/h2-14,16,23,30H,15,17H2,1H3,(H,31,35). The van der Waals surface area contributed by atoms with E-state index in [9.17, 15) is 9.59 Å². The first-order valence-electron chi connectivity index (χ1n) is 12.0. The molecule has 1 amide bonds. The maximum Gasteiger partial charge on any atom is 0.265 e. The van der Waals surface area contributed by atoms with Crippen LogP contribution in [0.2, 0.25) is 0 Å². The highest BCUT2D eigenvalue weighted by molar-refractivity contribution is 7.99. The predicted octanol–water partition coefficient (Wildman–Crippen LogP) is 5.31. The number of fused-ring (bicyclic) bond motifs is 2. The van der Waals surface area contributed by atoms with E-state index in [1.54, 1.807) is 15.4 Å². The Balaban J connectivity index is 1.18. The van der Waals surface area contributed by atoms with Crippen molar-refractivity contribution in [1.29, 1.82) is 0 Å². The molecule has 6 rings (SSSR count). The van der Waals surface area contributed by atoms with E-state index in [4.69, 9.17) is 4.98 Å². The number of carbonyl (C=O) groups is 1. The Morgan fingerprint density at radius 3 is 2.54 bits per heavy atom. The highest BCUT2D eigenvalue weighted by atomic mass is 32.2. The van der Waals surface area contributed by atoms with Gasteiger partial charge in [-0.25, -0.2) is 9.67 Å². The summed E-state index contributed by atoms with van der Waals surface area (Å²) in [5, 5.41) is 11.8. The minimum Gasteiger partial charge on any atom is -0.356 e. The molecule has 1 aliphatic rings. The Kier molecular flexibility index (Phi) is 5.97. The molecule has 184 valence electrons. The fraction of sp³-hybridized carbons (Fsp3) is 0.143. The van der Waals surface area contributed by atoms with Crippen molar-refractivity contribution >= 4 is 45.8 Å². The number of aryl methyl sites for hydroxylation is 1. The predicted molar refractivity (Wildman–Crippen MR) is 147 cm³/mol. The molecule has 0 spiro atoms. The first kappa shape index (κ1) is 23.1. The zero-order valence-corrected chi connectivity index (χ0v) is 20.9. The van der Waals surface area contributed by atoms with Crippen LogP contribution in [0.1, 0.15) is 18.0 Å². The number of anilines is 3. The van der Waals surface area contributed by atoms with Gasteiger partial charge in [0.2, 0.25) is 5.91 Å². The summed E-state index contributed by atoms with van der Waals surface area (Å²) in [6, 6.07) is 25.1. The van der Waals surface area contributed by atoms with Crippen LogP contribution < -0.4 is 16.2 Å². The summed E-state index contributed by atoms with van der Waals surface area (Å²) in [6.07, 6.45) is 1.74. The quantitative estimate of drug-likeness (QED) is 0.302. The lowest BCUT2D eigenvalue weighted by Gasteiger charge is -2.14. The molecule has 0 saturated carbocycles. The molecular weight excluding hydrogens is 484 g/mol. The molecule has 0 fully saturated rings. The SMILES string of the molecule is Cc1cccc(-n2ncc3c(=O)n4c(nc32)SCC4CC(=O)Nc2ccc(Nc3ccccc3)cc2)c1. The summed E-state index contributed by atoms with van der Waals surface area (Å²) in [4.78, 5) is 31.0. The van der Waals surface area contributed by atoms with Crippen LogP contribution in [0.25, 0.3) is 16.7 Å². The molecule has 0 bridgehead atoms. The molecule has 8 nitrogen and oxygen atoms in total. The molecule has 5 aromatic rings. The number of para-hydroxylation sites is 1. The Morgan fingerprint density at radius 2 is 1.76 bits per heavy atom. The fourth-order valence-electron chi connectivity index (χ4n) is 4.48. The number of amides is 1. The van der Waals surface area contributed by atoms with E-state index in [1.165, 1.54) is 11.8 Å². The number of rotatable bonds is 6. The molecule has 0 aliphatic carbocycles. The van der Waals surface area contributed by atoms with Crippen LogP contribution in [0.5, 0.6) is 0 Å². The van der Waals surface area contributed by atoms with Crippen LogP contribution in [-0.2, 0) is 4.79 Å². The summed E-state index contributed by atoms with van der Waals surface area (Å²) >= 11 is 1.49. The average Bonchev–Trinajstić information content (AvgIpc) is 3.51. The van der Waals surface area contributed by atoms with Crippen molar-refractivity contribution in [2.45, 2.75) is 24.5 Å². The summed E-state index contributed by atoms with van der Waals surface area (Å²) in [5.74, 6) is 0.463. The highest BCUT2D eigenvalue weighted by Crippen LogP contribution is 2.33. The number of hydrogen-bond donors (Lipinski definition) is 2. The van der Waals surface area contributed by atoms with E-state index < -0.39 is 0 Å². The van der Waals surface area contributed by atoms with Gasteiger partial charge >= 0.3 is 0 Å². The maximum atomic E-state index is 13.4. The van der Waals surface area contributed by atoms with E-state index in [0.717, 1.165) is 22.6 Å². The second kappa shape index (κ2) is 9.59. The van der Waals surface area contributed by atoms with Crippen LogP contribution in [0.15, 0.2) is 95.0 Å². The van der Waals surface area contributed by atoms with E-state index in [0.29, 0.717) is 27.6 Å². The van der Waals surface area contributed by atoms with Gasteiger partial charge in [-0.1, -0.05) is 42.1 Å². The topological polar surface area (TPSA) is 93.8 Å². The molecule has 37 heavy (non-hydrogen) atoms. The summed E-state index contributed by atoms with van der Waals surface area (Å²) in [7, 11) is 0. The average molecular weight is 509 g/mol. The lowest BCUT2D eigenvalue weighted by Crippen LogP contribution is -2.27. The van der Waals surface area contributed by atoms with Crippen molar-refractivity contribution in [2.75, 3.05) is 16.4 Å². The van der Waals surface area contributed by atoms with Crippen molar-refractivity contribution in [3.8, 4) is 5.69 Å². The molecule has 2 aromatic heterocycles. The van der Waals surface area contributed by atoms with Crippen LogP contribution in [0.3, 0.4) is 0 Å². The van der Waals surface area contributed by atoms with Gasteiger partial charge in [0, 0.05) is 29.2 Å². The van der Waals surface area contributed by atoms with Crippen molar-refractivity contribution in [3.05, 3.63) is 101 Å². The smallest absolute Gasteiger partial charge is 0.265 e. The van der Waals surface area contributed by atoms with Gasteiger partial charge < -0.3 is 10.6 Å². The van der Waals surface area contributed by atoms with E-state index in [2.05, 4.69) is 15.7 Å². The summed E-state index contributed by atoms with van der Waals surface area (Å²) < 4.78 is 3.34. The van der Waals surface area contributed by atoms with Gasteiger partial charge in [-0.05, 0) is 61.0 Å². The Bertz CT molecular complexity index is 1660. The van der Waals surface area contributed by atoms with Gasteiger partial charge in [-0.2, -0.15) is 5.10 Å². The largest absolute Gasteiger partial charge is 0.356 e. The number of carbonyl (C=O) groups excluding carboxylic acids is 1. The number of thioether (sulfide) groups is 1. The van der Waals surface area contributed by atoms with Crippen molar-refractivity contribution < 1.29 is 4.79 Å². The van der Waals surface area contributed by atoms with Gasteiger partial charge in [-0.3, -0.25) is 14.2 Å². The van der Waals surface area contributed by atoms with E-state index >= 15 is 0 Å². The van der Waals surface area contributed by atoms with E-state index in [1.807, 2.05) is 85.8 Å². The molecule has 3 heterocycles. The number of benzene rings is 3. The van der Waals surface area contributed by atoms with Crippen LogP contribution in [0.4, 0.5) is 17.1 Å². The number of nitrogens with zero attached hydrogens (tertiary/aromatic N) is 4. The third-order valence-corrected chi connectivity index (χ3v) is 7.37. The normalized spacial score (nSPS) is 14.5. The first-order valence-corrected chi connectivity index (χ1v) is 13.0. The fourth-order valence-corrected chi connectivity index (χ4v) is 5.61. The van der Waals surface area contributed by atoms with Crippen molar-refractivity contribution in [1.82, 2.24) is 19.3 Å². The second-order valence-corrected chi connectivity index (χ2v) is 9.97. The molecular formula is C28H24N6O2S. The van der Waals surface area contributed by atoms with E-state index in [-0.39, 0.29) is 23.9 Å². The number of nitrogens with one attached hydrogen (secondary N) is 2. The number of hydrogen-bond acceptors (Lipinski definition) is 6. The zero-order chi connectivity index (χ0) is 25.4. The molecule has 1 unspecified atom stereocenters. The highest BCUT2D eigenvalue weighted by Gasteiger charge is 2.29. The van der Waals surface area contributed by atoms with Crippen LogP contribution >= 0.6 is 11.8 Å². The van der Waals surface area contributed by atoms with Gasteiger partial charge in [-0.15, -0.1) is 0 Å². The number of aromatic nitrogens is 4. The first-order chi connectivity index (χ1) is 18.0. The molecule has 9 heteroatoms. The second-order valence-electron chi connectivity index (χ2n) is 8.99. The Labute approximate surface area is 217 Å². The van der Waals surface area contributed by atoms with Gasteiger partial charge in [0.05, 0.1) is 17.9 Å². The minimum absolute atomic E-state index is 0.148. The zero-order valence-electron chi connectivity index (χ0n) is 20.1. The third-order valence-electron chi connectivity index (χ3n) is 6.27. The van der Waals surface area contributed by atoms with Crippen LogP contribution in [-0.4, -0.2) is 31.0 Å². The van der Waals surface area contributed by atoms with Gasteiger partial charge in [0.1, 0.15) is 5.39 Å². The summed E-state index contributed by atoms with van der Waals surface area (Å²) in [5.41, 5.74) is 4.95. The van der Waals surface area contributed by atoms with Gasteiger partial charge in [0.15, 0.2) is 10.8 Å². The Morgan fingerprint density at radius 1 is 1.00 bits per heavy atom. The van der Waals surface area contributed by atoms with Crippen LogP contribution in [0, 0.1) is 6.92 Å². The molecule has 3 aromatic carbocycles. The lowest BCUT2D eigenvalue weighted by molar-refractivity contribution is -0.116. The maximum absolute atomic E-state index is 13.4. The minimum atomic E-state index is -0.272. The molecule has 0 radical (unpaired) electrons. The third kappa shape index (κ3) is 4.61. The lowest BCUT2D eigenvalue weighted by atomic mass is 10.2. The monoisotopic (exact) mass is 508 g/mol. The molecule has 1 atom stereocenters. The van der Waals surface area contributed by atoms with Crippen molar-refractivity contribution in [3.63, 3.8) is 0 Å². The molecule has 0 saturated heterocycles.